The van der Waals surface area contributed by atoms with Crippen LogP contribution in [0.1, 0.15) is 0 Å². The lowest BCUT2D eigenvalue weighted by Crippen LogP contribution is -2.45. The fourth-order valence-corrected chi connectivity index (χ4v) is 1.77. The molecule has 0 unspecified atom stereocenters. The monoisotopic (exact) mass is 210 g/mol. The lowest BCUT2D eigenvalue weighted by molar-refractivity contribution is -0.469. The van der Waals surface area contributed by atoms with Crippen LogP contribution in [0.4, 0.5) is 0 Å². The molecule has 0 bridgehead atoms. The largest absolute Gasteiger partial charge is 0.477 e. The highest BCUT2D eigenvalue weighted by Crippen LogP contribution is 2.00. The molecule has 0 N–H and O–H groups in total. The summed E-state index contributed by atoms with van der Waals surface area (Å²) in [5.74, 6) is 0. The molecule has 0 aliphatic carbocycles. The second kappa shape index (κ2) is 2.85. The van der Waals surface area contributed by atoms with Crippen LogP contribution in [-0.4, -0.2) is 8.42 Å². The van der Waals surface area contributed by atoms with E-state index in [0.29, 0.717) is 0 Å². The van der Waals surface area contributed by atoms with E-state index in [9.17, 15) is 18.0 Å². The second-order valence-electron chi connectivity index (χ2n) is 2.67. The number of hydrogen-bond donors (Lipinski definition) is 0. The first-order valence-corrected chi connectivity index (χ1v) is 4.73. The van der Waals surface area contributed by atoms with Gasteiger partial charge in [0.05, 0.1) is 0 Å². The molecule has 0 atom stereocenters. The third-order valence-electron chi connectivity index (χ3n) is 1.91. The number of aromatic nitrogens is 1. The molecule has 0 amide bonds. The molecule has 1 aromatic heterocycles. The summed E-state index contributed by atoms with van der Waals surface area (Å²) in [5, 5.41) is 0.253. The molecule has 0 aliphatic heterocycles. The summed E-state index contributed by atoms with van der Waals surface area (Å²) in [5.41, 5.74) is -1.59. The van der Waals surface area contributed by atoms with Gasteiger partial charge in [-0.05, 0) is 12.1 Å². The average Bonchev–Trinajstić information content (AvgIpc) is 2.41. The number of nitrogens with zero attached hydrogens (tertiary/aromatic N) is 1. The summed E-state index contributed by atoms with van der Waals surface area (Å²) in [6, 6.07) is 5.98. The topological polar surface area (TPSA) is 74.2 Å². The minimum absolute atomic E-state index is 0.127. The Balaban J connectivity index is 3.46. The van der Waals surface area contributed by atoms with Gasteiger partial charge in [0.15, 0.2) is 0 Å². The van der Waals surface area contributed by atoms with Gasteiger partial charge >= 0.3 is 21.6 Å². The van der Waals surface area contributed by atoms with Gasteiger partial charge in [-0.1, -0.05) is 12.1 Å². The van der Waals surface area contributed by atoms with Crippen molar-refractivity contribution in [2.45, 2.75) is 0 Å². The summed E-state index contributed by atoms with van der Waals surface area (Å²) in [7, 11) is -2.84. The van der Waals surface area contributed by atoms with Crippen molar-refractivity contribution in [2.75, 3.05) is 0 Å². The molecule has 1 aromatic carbocycles. The Kier molecular flexibility index (Phi) is 1.78. The quantitative estimate of drug-likeness (QED) is 0.504. The zero-order chi connectivity index (χ0) is 10.3. The SMILES string of the molecule is O=c1c2ccccc2c(=O)[n+]1=S(=O)=O. The molecule has 5 nitrogen and oxygen atoms in total. The van der Waals surface area contributed by atoms with Crippen LogP contribution in [0.5, 0.6) is 0 Å². The van der Waals surface area contributed by atoms with Crippen LogP contribution >= 0.6 is 0 Å². The van der Waals surface area contributed by atoms with Crippen LogP contribution < -0.4 is 14.7 Å². The fraction of sp³-hybridized carbons (Fsp3) is 0. The molecular formula is C8H4NO4S+. The zero-order valence-corrected chi connectivity index (χ0v) is 7.61. The Morgan fingerprint density at radius 2 is 1.36 bits per heavy atom. The Bertz CT molecular complexity index is 708. The Labute approximate surface area is 78.9 Å². The summed E-state index contributed by atoms with van der Waals surface area (Å²) in [6.45, 7) is 0. The summed E-state index contributed by atoms with van der Waals surface area (Å²) >= 11 is 0. The van der Waals surface area contributed by atoms with E-state index in [1.807, 2.05) is 0 Å². The molecule has 0 saturated heterocycles. The fourth-order valence-electron chi connectivity index (χ4n) is 1.30. The molecule has 14 heavy (non-hydrogen) atoms. The lowest BCUT2D eigenvalue weighted by Gasteiger charge is -1.76. The summed E-state index contributed by atoms with van der Waals surface area (Å²) in [6.07, 6.45) is 0. The third-order valence-corrected chi connectivity index (χ3v) is 2.54. The van der Waals surface area contributed by atoms with Crippen molar-refractivity contribution >= 4 is 21.3 Å². The van der Waals surface area contributed by atoms with Gasteiger partial charge < -0.3 is 0 Å². The first-order valence-electron chi connectivity index (χ1n) is 3.70. The Morgan fingerprint density at radius 1 is 0.929 bits per heavy atom. The molecule has 0 spiro atoms. The molecule has 2 aromatic rings. The highest BCUT2D eigenvalue weighted by molar-refractivity contribution is 7.58. The van der Waals surface area contributed by atoms with E-state index in [-0.39, 0.29) is 14.4 Å². The van der Waals surface area contributed by atoms with Crippen molar-refractivity contribution in [3.05, 3.63) is 45.0 Å². The number of rotatable bonds is 0. The van der Waals surface area contributed by atoms with E-state index in [4.69, 9.17) is 0 Å². The predicted octanol–water partition coefficient (Wildman–Crippen LogP) is -1.35. The molecule has 0 saturated carbocycles. The van der Waals surface area contributed by atoms with Crippen molar-refractivity contribution < 1.29 is 12.0 Å². The van der Waals surface area contributed by atoms with E-state index in [1.54, 1.807) is 12.1 Å². The molecule has 0 aliphatic rings. The van der Waals surface area contributed by atoms with E-state index >= 15 is 0 Å². The maximum atomic E-state index is 11.4. The smallest absolute Gasteiger partial charge is 0.212 e. The van der Waals surface area contributed by atoms with Crippen molar-refractivity contribution in [3.63, 3.8) is 0 Å². The van der Waals surface area contributed by atoms with Crippen molar-refractivity contribution in [1.82, 2.24) is 0 Å². The average molecular weight is 210 g/mol. The van der Waals surface area contributed by atoms with Gasteiger partial charge in [-0.3, -0.25) is 0 Å². The Morgan fingerprint density at radius 3 is 1.71 bits per heavy atom. The van der Waals surface area contributed by atoms with Crippen LogP contribution in [0, 0.1) is 0 Å². The lowest BCUT2D eigenvalue weighted by atomic mass is 10.2. The van der Waals surface area contributed by atoms with E-state index in [1.165, 1.54) is 12.1 Å². The van der Waals surface area contributed by atoms with Gasteiger partial charge in [0, 0.05) is 3.61 Å². The van der Waals surface area contributed by atoms with Gasteiger partial charge in [0.2, 0.25) is 0 Å². The predicted molar refractivity (Wildman–Crippen MR) is 47.8 cm³/mol. The molecule has 0 fully saturated rings. The van der Waals surface area contributed by atoms with E-state index < -0.39 is 21.6 Å². The second-order valence-corrected chi connectivity index (χ2v) is 3.47. The van der Waals surface area contributed by atoms with Crippen LogP contribution in [0.25, 0.3) is 10.8 Å². The summed E-state index contributed by atoms with van der Waals surface area (Å²) in [4.78, 5) is 22.7. The van der Waals surface area contributed by atoms with Crippen LogP contribution in [-0.2, 0) is 10.5 Å². The normalized spacial score (nSPS) is 10.6. The molecule has 2 rings (SSSR count). The van der Waals surface area contributed by atoms with Crippen molar-refractivity contribution in [2.24, 2.45) is 0 Å². The first kappa shape index (κ1) is 8.76. The minimum Gasteiger partial charge on any atom is -0.212 e. The molecular weight excluding hydrogens is 206 g/mol. The van der Waals surface area contributed by atoms with E-state index in [0.717, 1.165) is 0 Å². The van der Waals surface area contributed by atoms with Gasteiger partial charge in [-0.2, -0.15) is 0 Å². The molecule has 6 heteroatoms. The zero-order valence-electron chi connectivity index (χ0n) is 6.80. The van der Waals surface area contributed by atoms with Crippen molar-refractivity contribution in [1.29, 1.82) is 0 Å². The van der Waals surface area contributed by atoms with Gasteiger partial charge in [-0.15, -0.1) is 8.42 Å². The standard InChI is InChI=1S/C8H4NO4S/c10-7-5-3-1-2-4-6(5)8(11)9(7)14(12)13/h1-4H/q+1. The van der Waals surface area contributed by atoms with Gasteiger partial charge in [0.25, 0.3) is 0 Å². The van der Waals surface area contributed by atoms with Crippen molar-refractivity contribution in [3.8, 4) is 0 Å². The van der Waals surface area contributed by atoms with Crippen LogP contribution in [0.3, 0.4) is 0 Å². The highest BCUT2D eigenvalue weighted by Gasteiger charge is 2.19. The maximum Gasteiger partial charge on any atom is 0.477 e. The molecule has 0 radical (unpaired) electrons. The van der Waals surface area contributed by atoms with Crippen LogP contribution in [0.2, 0.25) is 0 Å². The van der Waals surface area contributed by atoms with Crippen LogP contribution in [0.15, 0.2) is 33.9 Å². The van der Waals surface area contributed by atoms with Gasteiger partial charge in [-0.25, -0.2) is 9.59 Å². The highest BCUT2D eigenvalue weighted by atomic mass is 32.2. The number of hydrogen-bond acceptors (Lipinski definition) is 4. The molecule has 1 heterocycles. The third kappa shape index (κ3) is 1.01. The van der Waals surface area contributed by atoms with Gasteiger partial charge in [0.1, 0.15) is 10.8 Å². The summed E-state index contributed by atoms with van der Waals surface area (Å²) < 4.78 is 21.4. The molecule has 70 valence electrons. The van der Waals surface area contributed by atoms with E-state index in [2.05, 4.69) is 0 Å². The minimum atomic E-state index is -2.84. The number of fused-ring (bicyclic) bond motifs is 1. The maximum absolute atomic E-state index is 11.4. The number of benzene rings is 1. The Hall–Kier alpha value is -1.82. The first-order chi connectivity index (χ1) is 6.63.